The molecule has 0 radical (unpaired) electrons. The molecule has 2 aromatic carbocycles. The number of likely N-dealkylation sites (N-methyl/N-ethyl adjacent to an activating group) is 1. The van der Waals surface area contributed by atoms with Crippen molar-refractivity contribution in [1.82, 2.24) is 31.1 Å². The van der Waals surface area contributed by atoms with Crippen LogP contribution in [0.15, 0.2) is 78.2 Å². The topological polar surface area (TPSA) is 157 Å². The Bertz CT molecular complexity index is 1630. The molecule has 6 amide bonds. The maximum Gasteiger partial charge on any atom is 0.245 e. The first-order valence-electron chi connectivity index (χ1n) is 16.7. The standard InChI is InChI=1S/C37H46N6O6S/c1-23(2)33-36(48)38-24(3)34(46)40-30(27-15-10-7-11-16-27)21-43(32(45)20-28-17-12-18-50-28)22-31(44)39-29(19-26-13-8-6-9-14-26)37(49)42(5)25(4)35(47)41-33/h6-18,23-25,29-30,33H,19-22H2,1-5H3,(H,38,48)(H,39,44)(H,40,46)(H,41,47)/t24-,25-,29-,30-,33+/m0/s1. The Labute approximate surface area is 297 Å². The molecule has 3 aromatic rings. The Morgan fingerprint density at radius 3 is 2.10 bits per heavy atom. The molecule has 0 unspecified atom stereocenters. The van der Waals surface area contributed by atoms with Crippen molar-refractivity contribution >= 4 is 46.8 Å². The van der Waals surface area contributed by atoms with E-state index in [-0.39, 0.29) is 31.2 Å². The first kappa shape index (κ1) is 37.8. The molecule has 1 aromatic heterocycles. The zero-order valence-corrected chi connectivity index (χ0v) is 29.9. The summed E-state index contributed by atoms with van der Waals surface area (Å²) in [6.45, 7) is 6.13. The quantitative estimate of drug-likeness (QED) is 0.309. The second-order valence-corrected chi connectivity index (χ2v) is 13.9. The highest BCUT2D eigenvalue weighted by Crippen LogP contribution is 2.18. The number of amides is 6. The van der Waals surface area contributed by atoms with Crippen LogP contribution in [0.25, 0.3) is 0 Å². The van der Waals surface area contributed by atoms with E-state index in [1.54, 1.807) is 38.1 Å². The minimum absolute atomic E-state index is 0.0329. The molecule has 0 spiro atoms. The molecule has 5 atom stereocenters. The molecule has 2 heterocycles. The van der Waals surface area contributed by atoms with E-state index in [4.69, 9.17) is 0 Å². The fourth-order valence-electron chi connectivity index (χ4n) is 5.62. The first-order valence-corrected chi connectivity index (χ1v) is 17.6. The van der Waals surface area contributed by atoms with E-state index in [0.29, 0.717) is 5.56 Å². The van der Waals surface area contributed by atoms with Crippen LogP contribution in [-0.2, 0) is 41.6 Å². The molecule has 50 heavy (non-hydrogen) atoms. The number of carbonyl (C=O) groups is 6. The number of thiophene rings is 1. The summed E-state index contributed by atoms with van der Waals surface area (Å²) in [4.78, 5) is 85.5. The van der Waals surface area contributed by atoms with Gasteiger partial charge in [-0.25, -0.2) is 0 Å². The summed E-state index contributed by atoms with van der Waals surface area (Å²) in [7, 11) is 1.47. The highest BCUT2D eigenvalue weighted by molar-refractivity contribution is 7.10. The van der Waals surface area contributed by atoms with Crippen LogP contribution in [0.1, 0.15) is 49.7 Å². The second-order valence-electron chi connectivity index (χ2n) is 12.9. The summed E-state index contributed by atoms with van der Waals surface area (Å²) >= 11 is 1.41. The van der Waals surface area contributed by atoms with E-state index in [1.165, 1.54) is 42.0 Å². The van der Waals surface area contributed by atoms with E-state index in [0.717, 1.165) is 10.4 Å². The van der Waals surface area contributed by atoms with Crippen LogP contribution in [0.5, 0.6) is 0 Å². The largest absolute Gasteiger partial charge is 0.346 e. The molecule has 0 saturated carbocycles. The van der Waals surface area contributed by atoms with Gasteiger partial charge < -0.3 is 31.1 Å². The van der Waals surface area contributed by atoms with Gasteiger partial charge in [-0.05, 0) is 42.3 Å². The predicted octanol–water partition coefficient (Wildman–Crippen LogP) is 2.21. The van der Waals surface area contributed by atoms with Gasteiger partial charge >= 0.3 is 0 Å². The van der Waals surface area contributed by atoms with Gasteiger partial charge in [-0.1, -0.05) is 80.6 Å². The Morgan fingerprint density at radius 2 is 1.48 bits per heavy atom. The lowest BCUT2D eigenvalue weighted by molar-refractivity contribution is -0.143. The maximum atomic E-state index is 14.0. The predicted molar refractivity (Wildman–Crippen MR) is 191 cm³/mol. The molecular weight excluding hydrogens is 657 g/mol. The summed E-state index contributed by atoms with van der Waals surface area (Å²) in [5.41, 5.74) is 1.46. The Hall–Kier alpha value is -5.04. The van der Waals surface area contributed by atoms with Gasteiger partial charge in [0.2, 0.25) is 35.4 Å². The zero-order valence-electron chi connectivity index (χ0n) is 29.1. The molecule has 1 aliphatic heterocycles. The van der Waals surface area contributed by atoms with E-state index in [1.807, 2.05) is 53.9 Å². The number of nitrogens with one attached hydrogen (secondary N) is 4. The molecule has 4 rings (SSSR count). The lowest BCUT2D eigenvalue weighted by atomic mass is 10.0. The molecule has 1 aliphatic rings. The normalized spacial score (nSPS) is 23.3. The first-order chi connectivity index (χ1) is 23.8. The summed E-state index contributed by atoms with van der Waals surface area (Å²) < 4.78 is 0. The summed E-state index contributed by atoms with van der Waals surface area (Å²) in [6.07, 6.45) is 0.163. The lowest BCUT2D eigenvalue weighted by Crippen LogP contribution is -2.59. The van der Waals surface area contributed by atoms with Crippen LogP contribution >= 0.6 is 11.3 Å². The Balaban J connectivity index is 1.75. The van der Waals surface area contributed by atoms with Crippen molar-refractivity contribution in [3.63, 3.8) is 0 Å². The van der Waals surface area contributed by atoms with Gasteiger partial charge in [0.05, 0.1) is 19.0 Å². The molecular formula is C37H46N6O6S. The van der Waals surface area contributed by atoms with Crippen molar-refractivity contribution in [2.24, 2.45) is 5.92 Å². The third-order valence-corrected chi connectivity index (χ3v) is 9.61. The lowest BCUT2D eigenvalue weighted by Gasteiger charge is -2.33. The van der Waals surface area contributed by atoms with E-state index >= 15 is 0 Å². The monoisotopic (exact) mass is 702 g/mol. The van der Waals surface area contributed by atoms with Crippen LogP contribution in [0.4, 0.5) is 0 Å². The maximum absolute atomic E-state index is 14.0. The molecule has 13 heteroatoms. The fourth-order valence-corrected chi connectivity index (χ4v) is 6.31. The second kappa shape index (κ2) is 17.6. The van der Waals surface area contributed by atoms with E-state index < -0.39 is 66.3 Å². The number of benzene rings is 2. The SMILES string of the molecule is CC(C)[C@H]1NC(=O)[C@H](C)N(C)C(=O)[C@H](Cc2ccccc2)NC(=O)CN(C(=O)Cc2cccs2)C[C@@H](c2ccccc2)NC(=O)[C@H](C)NC1=O. The molecule has 0 aliphatic carbocycles. The highest BCUT2D eigenvalue weighted by atomic mass is 32.1. The molecule has 12 nitrogen and oxygen atoms in total. The minimum atomic E-state index is -1.08. The van der Waals surface area contributed by atoms with Gasteiger partial charge in [0, 0.05) is 24.9 Å². The Morgan fingerprint density at radius 1 is 0.820 bits per heavy atom. The number of carbonyl (C=O) groups excluding carboxylic acids is 6. The van der Waals surface area contributed by atoms with Crippen molar-refractivity contribution in [2.45, 2.75) is 70.7 Å². The van der Waals surface area contributed by atoms with Crippen molar-refractivity contribution in [1.29, 1.82) is 0 Å². The van der Waals surface area contributed by atoms with Gasteiger partial charge in [-0.2, -0.15) is 0 Å². The van der Waals surface area contributed by atoms with Crippen LogP contribution < -0.4 is 21.3 Å². The van der Waals surface area contributed by atoms with Crippen molar-refractivity contribution in [2.75, 3.05) is 20.1 Å². The summed E-state index contributed by atoms with van der Waals surface area (Å²) in [5, 5.41) is 13.1. The van der Waals surface area contributed by atoms with E-state index in [9.17, 15) is 28.8 Å². The van der Waals surface area contributed by atoms with Crippen molar-refractivity contribution in [3.05, 3.63) is 94.2 Å². The molecule has 266 valence electrons. The average Bonchev–Trinajstić information content (AvgIpc) is 3.61. The van der Waals surface area contributed by atoms with Gasteiger partial charge in [0.15, 0.2) is 0 Å². The van der Waals surface area contributed by atoms with Gasteiger partial charge in [0.25, 0.3) is 0 Å². The van der Waals surface area contributed by atoms with Crippen LogP contribution in [0.2, 0.25) is 0 Å². The van der Waals surface area contributed by atoms with Crippen molar-refractivity contribution in [3.8, 4) is 0 Å². The number of hydrogen-bond donors (Lipinski definition) is 4. The third-order valence-electron chi connectivity index (χ3n) is 8.74. The number of rotatable bonds is 6. The van der Waals surface area contributed by atoms with Gasteiger partial charge in [-0.3, -0.25) is 28.8 Å². The minimum Gasteiger partial charge on any atom is -0.346 e. The molecule has 1 saturated heterocycles. The average molecular weight is 703 g/mol. The van der Waals surface area contributed by atoms with Gasteiger partial charge in [0.1, 0.15) is 24.2 Å². The Kier molecular flexibility index (Phi) is 13.3. The third kappa shape index (κ3) is 10.2. The fraction of sp³-hybridized carbons (Fsp3) is 0.405. The molecule has 1 fully saturated rings. The van der Waals surface area contributed by atoms with Crippen LogP contribution in [0.3, 0.4) is 0 Å². The summed E-state index contributed by atoms with van der Waals surface area (Å²) in [6, 6.07) is 17.0. The number of hydrogen-bond acceptors (Lipinski definition) is 7. The number of nitrogens with zero attached hydrogens (tertiary/aromatic N) is 2. The molecule has 0 bridgehead atoms. The smallest absolute Gasteiger partial charge is 0.245 e. The highest BCUT2D eigenvalue weighted by Gasteiger charge is 2.35. The van der Waals surface area contributed by atoms with Crippen LogP contribution in [0, 0.1) is 5.92 Å². The summed E-state index contributed by atoms with van der Waals surface area (Å²) in [5.74, 6) is -3.44. The van der Waals surface area contributed by atoms with E-state index in [2.05, 4.69) is 21.3 Å². The molecule has 4 N–H and O–H groups in total. The van der Waals surface area contributed by atoms with Crippen LogP contribution in [-0.4, -0.2) is 89.5 Å². The zero-order chi connectivity index (χ0) is 36.4. The van der Waals surface area contributed by atoms with Crippen molar-refractivity contribution < 1.29 is 28.8 Å². The van der Waals surface area contributed by atoms with Gasteiger partial charge in [-0.15, -0.1) is 11.3 Å².